The number of benzene rings is 1. The van der Waals surface area contributed by atoms with E-state index in [1.165, 1.54) is 0 Å². The Labute approximate surface area is 91.7 Å². The lowest BCUT2D eigenvalue weighted by atomic mass is 10.1. The van der Waals surface area contributed by atoms with Crippen molar-refractivity contribution in [3.8, 4) is 0 Å². The van der Waals surface area contributed by atoms with Crippen LogP contribution in [0.3, 0.4) is 0 Å². The first-order chi connectivity index (χ1) is 7.65. The Morgan fingerprint density at radius 2 is 2.06 bits per heavy atom. The van der Waals surface area contributed by atoms with Gasteiger partial charge >= 0.3 is 0 Å². The summed E-state index contributed by atoms with van der Waals surface area (Å²) >= 11 is 0. The Kier molecular flexibility index (Phi) is 2.87. The number of imidazole rings is 1. The Balaban J connectivity index is 2.51. The number of halogens is 2. The minimum atomic E-state index is -0.883. The zero-order chi connectivity index (χ0) is 11.7. The number of nitrogens with zero attached hydrogens (tertiary/aromatic N) is 1. The van der Waals surface area contributed by atoms with Gasteiger partial charge in [0.2, 0.25) is 0 Å². The minimum absolute atomic E-state index is 0.0959. The van der Waals surface area contributed by atoms with Crippen LogP contribution in [0.1, 0.15) is 25.1 Å². The van der Waals surface area contributed by atoms with Gasteiger partial charge in [0.05, 0.1) is 11.0 Å². The average Bonchev–Trinajstić information content (AvgIpc) is 2.63. The highest BCUT2D eigenvalue weighted by molar-refractivity contribution is 5.75. The van der Waals surface area contributed by atoms with Gasteiger partial charge in [0.15, 0.2) is 11.6 Å². The first-order valence-corrected chi connectivity index (χ1v) is 5.20. The van der Waals surface area contributed by atoms with Gasteiger partial charge in [-0.05, 0) is 6.42 Å². The van der Waals surface area contributed by atoms with Gasteiger partial charge in [0.1, 0.15) is 5.82 Å². The second-order valence-electron chi connectivity index (χ2n) is 3.75. The molecular formula is C11H13F2N3. The maximum Gasteiger partial charge on any atom is 0.161 e. The molecule has 3 nitrogen and oxygen atoms in total. The largest absolute Gasteiger partial charge is 0.342 e. The molecule has 2 rings (SSSR count). The quantitative estimate of drug-likeness (QED) is 0.842. The van der Waals surface area contributed by atoms with E-state index < -0.39 is 11.6 Å². The number of aromatic nitrogens is 2. The van der Waals surface area contributed by atoms with Crippen LogP contribution in [0.25, 0.3) is 11.0 Å². The number of aromatic amines is 1. The minimum Gasteiger partial charge on any atom is -0.342 e. The van der Waals surface area contributed by atoms with Crippen molar-refractivity contribution in [1.29, 1.82) is 0 Å². The fraction of sp³-hybridized carbons (Fsp3) is 0.364. The zero-order valence-electron chi connectivity index (χ0n) is 8.93. The summed E-state index contributed by atoms with van der Waals surface area (Å²) in [5, 5.41) is 0. The van der Waals surface area contributed by atoms with E-state index in [0.29, 0.717) is 23.4 Å². The molecule has 1 heterocycles. The molecule has 0 spiro atoms. The van der Waals surface area contributed by atoms with Crippen molar-refractivity contribution in [2.45, 2.75) is 19.3 Å². The molecule has 1 aromatic heterocycles. The average molecular weight is 225 g/mol. The Hall–Kier alpha value is -1.49. The fourth-order valence-electron chi connectivity index (χ4n) is 1.69. The molecule has 1 atom stereocenters. The van der Waals surface area contributed by atoms with Crippen molar-refractivity contribution < 1.29 is 8.78 Å². The van der Waals surface area contributed by atoms with E-state index in [-0.39, 0.29) is 5.92 Å². The molecule has 0 aliphatic carbocycles. The van der Waals surface area contributed by atoms with Gasteiger partial charge in [-0.3, -0.25) is 0 Å². The molecule has 86 valence electrons. The molecule has 1 aromatic carbocycles. The first-order valence-electron chi connectivity index (χ1n) is 5.20. The summed E-state index contributed by atoms with van der Waals surface area (Å²) in [5.74, 6) is -0.974. The summed E-state index contributed by atoms with van der Waals surface area (Å²) in [6.45, 7) is 2.45. The third kappa shape index (κ3) is 1.78. The number of rotatable bonds is 3. The molecule has 0 aliphatic rings. The van der Waals surface area contributed by atoms with E-state index in [1.807, 2.05) is 6.92 Å². The smallest absolute Gasteiger partial charge is 0.161 e. The zero-order valence-corrected chi connectivity index (χ0v) is 8.93. The molecule has 0 fully saturated rings. The second-order valence-corrected chi connectivity index (χ2v) is 3.75. The number of nitrogens with one attached hydrogen (secondary N) is 1. The van der Waals surface area contributed by atoms with Crippen molar-refractivity contribution in [2.75, 3.05) is 6.54 Å². The maximum absolute atomic E-state index is 13.0. The SMILES string of the molecule is CCC(CN)c1nc2cc(F)c(F)cc2[nH]1. The molecular weight excluding hydrogens is 212 g/mol. The highest BCUT2D eigenvalue weighted by Gasteiger charge is 2.14. The lowest BCUT2D eigenvalue weighted by Crippen LogP contribution is -2.12. The van der Waals surface area contributed by atoms with Crippen LogP contribution in [0, 0.1) is 11.6 Å². The number of fused-ring (bicyclic) bond motifs is 1. The van der Waals surface area contributed by atoms with Crippen molar-refractivity contribution in [1.82, 2.24) is 9.97 Å². The van der Waals surface area contributed by atoms with Gasteiger partial charge in [-0.15, -0.1) is 0 Å². The van der Waals surface area contributed by atoms with Crippen molar-refractivity contribution in [2.24, 2.45) is 5.73 Å². The third-order valence-corrected chi connectivity index (χ3v) is 2.71. The number of hydrogen-bond donors (Lipinski definition) is 2. The lowest BCUT2D eigenvalue weighted by molar-refractivity contribution is 0.510. The number of H-pyrrole nitrogens is 1. The fourth-order valence-corrected chi connectivity index (χ4v) is 1.69. The molecule has 3 N–H and O–H groups in total. The summed E-state index contributed by atoms with van der Waals surface area (Å²) in [5.41, 5.74) is 6.52. The van der Waals surface area contributed by atoms with E-state index in [0.717, 1.165) is 18.6 Å². The topological polar surface area (TPSA) is 54.7 Å². The lowest BCUT2D eigenvalue weighted by Gasteiger charge is -2.07. The van der Waals surface area contributed by atoms with E-state index in [2.05, 4.69) is 9.97 Å². The first kappa shape index (κ1) is 11.0. The predicted octanol–water partition coefficient (Wildman–Crippen LogP) is 2.29. The van der Waals surface area contributed by atoms with Crippen LogP contribution in [-0.2, 0) is 0 Å². The number of nitrogens with two attached hydrogens (primary N) is 1. The van der Waals surface area contributed by atoms with Crippen LogP contribution in [0.4, 0.5) is 8.78 Å². The second kappa shape index (κ2) is 4.17. The van der Waals surface area contributed by atoms with Gasteiger partial charge < -0.3 is 10.7 Å². The van der Waals surface area contributed by atoms with Crippen molar-refractivity contribution in [3.05, 3.63) is 29.6 Å². The number of hydrogen-bond acceptors (Lipinski definition) is 2. The van der Waals surface area contributed by atoms with Crippen LogP contribution in [0.5, 0.6) is 0 Å². The monoisotopic (exact) mass is 225 g/mol. The molecule has 5 heteroatoms. The van der Waals surface area contributed by atoms with Gasteiger partial charge in [0.25, 0.3) is 0 Å². The molecule has 0 aliphatic heterocycles. The van der Waals surface area contributed by atoms with E-state index in [4.69, 9.17) is 5.73 Å². The van der Waals surface area contributed by atoms with Crippen LogP contribution in [0.2, 0.25) is 0 Å². The van der Waals surface area contributed by atoms with Crippen LogP contribution < -0.4 is 5.73 Å². The van der Waals surface area contributed by atoms with Gasteiger partial charge in [-0.25, -0.2) is 13.8 Å². The molecule has 0 bridgehead atoms. The Morgan fingerprint density at radius 3 is 2.69 bits per heavy atom. The molecule has 0 amide bonds. The molecule has 2 aromatic rings. The van der Waals surface area contributed by atoms with E-state index >= 15 is 0 Å². The van der Waals surface area contributed by atoms with Crippen LogP contribution in [0.15, 0.2) is 12.1 Å². The van der Waals surface area contributed by atoms with Crippen molar-refractivity contribution in [3.63, 3.8) is 0 Å². The van der Waals surface area contributed by atoms with Gasteiger partial charge in [0, 0.05) is 24.6 Å². The predicted molar refractivity (Wildman–Crippen MR) is 58.1 cm³/mol. The van der Waals surface area contributed by atoms with E-state index in [1.54, 1.807) is 0 Å². The molecule has 0 radical (unpaired) electrons. The van der Waals surface area contributed by atoms with Gasteiger partial charge in [-0.2, -0.15) is 0 Å². The standard InChI is InChI=1S/C11H13F2N3/c1-2-6(5-14)11-15-9-3-7(12)8(13)4-10(9)16-11/h3-4,6H,2,5,14H2,1H3,(H,15,16). The summed E-state index contributed by atoms with van der Waals surface area (Å²) in [7, 11) is 0. The molecule has 16 heavy (non-hydrogen) atoms. The Morgan fingerprint density at radius 1 is 1.38 bits per heavy atom. The van der Waals surface area contributed by atoms with Crippen LogP contribution in [-0.4, -0.2) is 16.5 Å². The van der Waals surface area contributed by atoms with Crippen LogP contribution >= 0.6 is 0 Å². The summed E-state index contributed by atoms with van der Waals surface area (Å²) in [6.07, 6.45) is 0.835. The summed E-state index contributed by atoms with van der Waals surface area (Å²) < 4.78 is 25.9. The third-order valence-electron chi connectivity index (χ3n) is 2.71. The highest BCUT2D eigenvalue weighted by Crippen LogP contribution is 2.21. The molecule has 0 saturated carbocycles. The normalized spacial score (nSPS) is 13.2. The summed E-state index contributed by atoms with van der Waals surface area (Å²) in [4.78, 5) is 7.18. The highest BCUT2D eigenvalue weighted by atomic mass is 19.2. The maximum atomic E-state index is 13.0. The molecule has 1 unspecified atom stereocenters. The van der Waals surface area contributed by atoms with E-state index in [9.17, 15) is 8.78 Å². The Bertz CT molecular complexity index is 464. The van der Waals surface area contributed by atoms with Crippen molar-refractivity contribution >= 4 is 11.0 Å². The van der Waals surface area contributed by atoms with Gasteiger partial charge in [-0.1, -0.05) is 6.92 Å². The summed E-state index contributed by atoms with van der Waals surface area (Å²) in [6, 6.07) is 2.21. The molecule has 0 saturated heterocycles.